The highest BCUT2D eigenvalue weighted by Crippen LogP contribution is 2.26. The molecular formula is C11H16ClN3O. The van der Waals surface area contributed by atoms with E-state index in [0.29, 0.717) is 16.9 Å². The van der Waals surface area contributed by atoms with E-state index in [-0.39, 0.29) is 12.6 Å². The molecule has 16 heavy (non-hydrogen) atoms. The molecule has 2 unspecified atom stereocenters. The fourth-order valence-corrected chi connectivity index (χ4v) is 2.37. The summed E-state index contributed by atoms with van der Waals surface area (Å²) in [6.07, 6.45) is 7.71. The maximum absolute atomic E-state index is 9.29. The van der Waals surface area contributed by atoms with Crippen LogP contribution < -0.4 is 5.32 Å². The van der Waals surface area contributed by atoms with Gasteiger partial charge < -0.3 is 10.4 Å². The third kappa shape index (κ3) is 2.83. The first-order valence-electron chi connectivity index (χ1n) is 5.64. The number of hydrogen-bond donors (Lipinski definition) is 2. The van der Waals surface area contributed by atoms with E-state index in [1.807, 2.05) is 0 Å². The minimum Gasteiger partial charge on any atom is -0.396 e. The molecule has 0 saturated heterocycles. The summed E-state index contributed by atoms with van der Waals surface area (Å²) in [6, 6.07) is 0.284. The molecule has 2 N–H and O–H groups in total. The van der Waals surface area contributed by atoms with Crippen molar-refractivity contribution < 1.29 is 5.11 Å². The fraction of sp³-hybridized carbons (Fsp3) is 0.636. The molecule has 0 amide bonds. The van der Waals surface area contributed by atoms with Crippen LogP contribution in [0.5, 0.6) is 0 Å². The van der Waals surface area contributed by atoms with Crippen LogP contribution in [0.15, 0.2) is 12.4 Å². The molecule has 0 radical (unpaired) electrons. The molecule has 5 heteroatoms. The molecule has 4 nitrogen and oxygen atoms in total. The van der Waals surface area contributed by atoms with Crippen LogP contribution in [0.3, 0.4) is 0 Å². The Morgan fingerprint density at radius 3 is 2.94 bits per heavy atom. The average Bonchev–Trinajstić information content (AvgIpc) is 2.30. The van der Waals surface area contributed by atoms with Gasteiger partial charge in [-0.1, -0.05) is 24.4 Å². The Labute approximate surface area is 100 Å². The van der Waals surface area contributed by atoms with Crippen molar-refractivity contribution in [2.24, 2.45) is 5.92 Å². The highest BCUT2D eigenvalue weighted by atomic mass is 35.5. The minimum absolute atomic E-state index is 0.228. The summed E-state index contributed by atoms with van der Waals surface area (Å²) in [5.41, 5.74) is 0. The molecule has 0 aliphatic heterocycles. The van der Waals surface area contributed by atoms with Crippen molar-refractivity contribution in [2.45, 2.75) is 31.7 Å². The first kappa shape index (κ1) is 11.6. The van der Waals surface area contributed by atoms with Crippen molar-refractivity contribution in [2.75, 3.05) is 11.9 Å². The first-order chi connectivity index (χ1) is 7.79. The predicted molar refractivity (Wildman–Crippen MR) is 63.5 cm³/mol. The predicted octanol–water partition coefficient (Wildman–Crippen LogP) is 2.09. The lowest BCUT2D eigenvalue weighted by molar-refractivity contribution is 0.178. The van der Waals surface area contributed by atoms with Crippen LogP contribution in [-0.4, -0.2) is 27.7 Å². The molecule has 1 saturated carbocycles. The Morgan fingerprint density at radius 1 is 1.38 bits per heavy atom. The summed E-state index contributed by atoms with van der Waals surface area (Å²) in [4.78, 5) is 8.13. The van der Waals surface area contributed by atoms with E-state index >= 15 is 0 Å². The number of halogens is 1. The zero-order valence-electron chi connectivity index (χ0n) is 9.06. The summed E-state index contributed by atoms with van der Waals surface area (Å²) >= 11 is 5.77. The van der Waals surface area contributed by atoms with Gasteiger partial charge in [-0.3, -0.25) is 4.98 Å². The van der Waals surface area contributed by atoms with Crippen LogP contribution in [0.1, 0.15) is 25.7 Å². The number of aliphatic hydroxyl groups is 1. The van der Waals surface area contributed by atoms with E-state index in [0.717, 1.165) is 12.8 Å². The van der Waals surface area contributed by atoms with Crippen molar-refractivity contribution in [3.8, 4) is 0 Å². The van der Waals surface area contributed by atoms with Gasteiger partial charge in [0, 0.05) is 18.6 Å². The molecular weight excluding hydrogens is 226 g/mol. The molecule has 1 aliphatic rings. The van der Waals surface area contributed by atoms with Crippen LogP contribution >= 0.6 is 11.6 Å². The van der Waals surface area contributed by atoms with Crippen molar-refractivity contribution in [1.82, 2.24) is 9.97 Å². The van der Waals surface area contributed by atoms with Gasteiger partial charge in [0.05, 0.1) is 12.4 Å². The van der Waals surface area contributed by atoms with Crippen LogP contribution in [0.2, 0.25) is 5.15 Å². The van der Waals surface area contributed by atoms with Gasteiger partial charge in [-0.25, -0.2) is 4.98 Å². The summed E-state index contributed by atoms with van der Waals surface area (Å²) in [5.74, 6) is 1.01. The molecule has 1 aromatic heterocycles. The van der Waals surface area contributed by atoms with E-state index in [2.05, 4.69) is 15.3 Å². The molecule has 1 aromatic rings. The van der Waals surface area contributed by atoms with E-state index in [1.54, 1.807) is 6.20 Å². The summed E-state index contributed by atoms with van der Waals surface area (Å²) < 4.78 is 0. The number of aromatic nitrogens is 2. The van der Waals surface area contributed by atoms with Gasteiger partial charge in [-0.2, -0.15) is 0 Å². The molecule has 0 spiro atoms. The third-order valence-corrected chi connectivity index (χ3v) is 3.26. The molecule has 2 rings (SSSR count). The number of nitrogens with one attached hydrogen (secondary N) is 1. The SMILES string of the molecule is OCC1CCCCC1Nc1cncc(Cl)n1. The van der Waals surface area contributed by atoms with Crippen LogP contribution in [0.25, 0.3) is 0 Å². The summed E-state index contributed by atoms with van der Waals surface area (Å²) in [5, 5.41) is 13.0. The average molecular weight is 242 g/mol. The minimum atomic E-state index is 0.228. The quantitative estimate of drug-likeness (QED) is 0.851. The Kier molecular flexibility index (Phi) is 3.96. The Balaban J connectivity index is 2.02. The lowest BCUT2D eigenvalue weighted by atomic mass is 9.85. The van der Waals surface area contributed by atoms with Crippen molar-refractivity contribution in [1.29, 1.82) is 0 Å². The van der Waals surface area contributed by atoms with Crippen molar-refractivity contribution >= 4 is 17.4 Å². The largest absolute Gasteiger partial charge is 0.396 e. The topological polar surface area (TPSA) is 58.0 Å². The molecule has 0 aromatic carbocycles. The van der Waals surface area contributed by atoms with Crippen LogP contribution in [-0.2, 0) is 0 Å². The lowest BCUT2D eigenvalue weighted by Gasteiger charge is -2.31. The van der Waals surface area contributed by atoms with E-state index in [9.17, 15) is 5.11 Å². The molecule has 1 fully saturated rings. The normalized spacial score (nSPS) is 25.4. The maximum Gasteiger partial charge on any atom is 0.149 e. The van der Waals surface area contributed by atoms with Gasteiger partial charge in [-0.15, -0.1) is 0 Å². The van der Waals surface area contributed by atoms with E-state index in [1.165, 1.54) is 19.0 Å². The second-order valence-corrected chi connectivity index (χ2v) is 4.59. The number of hydrogen-bond acceptors (Lipinski definition) is 4. The second kappa shape index (κ2) is 5.46. The van der Waals surface area contributed by atoms with Gasteiger partial charge in [0.1, 0.15) is 11.0 Å². The smallest absolute Gasteiger partial charge is 0.149 e. The van der Waals surface area contributed by atoms with E-state index < -0.39 is 0 Å². The number of anilines is 1. The summed E-state index contributed by atoms with van der Waals surface area (Å²) in [6.45, 7) is 0.228. The number of rotatable bonds is 3. The van der Waals surface area contributed by atoms with Gasteiger partial charge >= 0.3 is 0 Å². The van der Waals surface area contributed by atoms with E-state index in [4.69, 9.17) is 11.6 Å². The zero-order valence-corrected chi connectivity index (χ0v) is 9.82. The lowest BCUT2D eigenvalue weighted by Crippen LogP contribution is -2.34. The van der Waals surface area contributed by atoms with Gasteiger partial charge in [0.15, 0.2) is 0 Å². The molecule has 0 bridgehead atoms. The van der Waals surface area contributed by atoms with Gasteiger partial charge in [-0.05, 0) is 12.8 Å². The Bertz CT molecular complexity index is 348. The standard InChI is InChI=1S/C11H16ClN3O/c12-10-5-13-6-11(15-10)14-9-4-2-1-3-8(9)7-16/h5-6,8-9,16H,1-4,7H2,(H,14,15). The molecule has 2 atom stereocenters. The second-order valence-electron chi connectivity index (χ2n) is 4.20. The fourth-order valence-electron chi connectivity index (χ4n) is 2.22. The number of nitrogens with zero attached hydrogens (tertiary/aromatic N) is 2. The number of aliphatic hydroxyl groups excluding tert-OH is 1. The van der Waals surface area contributed by atoms with Crippen molar-refractivity contribution in [3.63, 3.8) is 0 Å². The highest BCUT2D eigenvalue weighted by molar-refractivity contribution is 6.29. The third-order valence-electron chi connectivity index (χ3n) is 3.08. The van der Waals surface area contributed by atoms with Crippen molar-refractivity contribution in [3.05, 3.63) is 17.5 Å². The highest BCUT2D eigenvalue weighted by Gasteiger charge is 2.24. The maximum atomic E-state index is 9.29. The van der Waals surface area contributed by atoms with Crippen LogP contribution in [0, 0.1) is 5.92 Å². The Hall–Kier alpha value is -0.870. The first-order valence-corrected chi connectivity index (χ1v) is 6.02. The van der Waals surface area contributed by atoms with Gasteiger partial charge in [0.2, 0.25) is 0 Å². The van der Waals surface area contributed by atoms with Gasteiger partial charge in [0.25, 0.3) is 0 Å². The Morgan fingerprint density at radius 2 is 2.19 bits per heavy atom. The molecule has 88 valence electrons. The zero-order chi connectivity index (χ0) is 11.4. The monoisotopic (exact) mass is 241 g/mol. The molecule has 1 aliphatic carbocycles. The summed E-state index contributed by atoms with van der Waals surface area (Å²) in [7, 11) is 0. The molecule has 1 heterocycles. The van der Waals surface area contributed by atoms with Crippen LogP contribution in [0.4, 0.5) is 5.82 Å².